The molecule has 0 spiro atoms. The van der Waals surface area contributed by atoms with Gasteiger partial charge in [-0.1, -0.05) is 57.4 Å². The van der Waals surface area contributed by atoms with Gasteiger partial charge in [-0.15, -0.1) is 0 Å². The Balaban J connectivity index is 1.99. The SMILES string of the molecule is CC1(C)N/C(=C\C(=O)C2CCCCC2)c2ccccc2C1(C)C. The second-order valence-electron chi connectivity index (χ2n) is 8.22. The molecule has 1 aromatic rings. The number of rotatable bonds is 2. The van der Waals surface area contributed by atoms with E-state index in [1.165, 1.54) is 30.4 Å². The van der Waals surface area contributed by atoms with E-state index in [9.17, 15) is 4.79 Å². The summed E-state index contributed by atoms with van der Waals surface area (Å²) in [5, 5.41) is 3.65. The van der Waals surface area contributed by atoms with Crippen LogP contribution in [0.15, 0.2) is 30.3 Å². The van der Waals surface area contributed by atoms with Crippen LogP contribution < -0.4 is 5.32 Å². The monoisotopic (exact) mass is 311 g/mol. The molecule has 1 aliphatic heterocycles. The lowest BCUT2D eigenvalue weighted by atomic mass is 9.65. The number of benzene rings is 1. The van der Waals surface area contributed by atoms with Crippen molar-refractivity contribution in [2.75, 3.05) is 0 Å². The number of allylic oxidation sites excluding steroid dienone is 1. The van der Waals surface area contributed by atoms with Crippen LogP contribution in [0.1, 0.15) is 70.9 Å². The van der Waals surface area contributed by atoms with Crippen molar-refractivity contribution >= 4 is 11.5 Å². The van der Waals surface area contributed by atoms with Gasteiger partial charge in [0, 0.05) is 34.2 Å². The Labute approximate surface area is 140 Å². The molecule has 1 aromatic carbocycles. The summed E-state index contributed by atoms with van der Waals surface area (Å²) < 4.78 is 0. The van der Waals surface area contributed by atoms with Crippen molar-refractivity contribution in [3.05, 3.63) is 41.5 Å². The maximum absolute atomic E-state index is 12.7. The first-order valence-electron chi connectivity index (χ1n) is 8.96. The van der Waals surface area contributed by atoms with Crippen LogP contribution in [0, 0.1) is 5.92 Å². The van der Waals surface area contributed by atoms with Gasteiger partial charge in [0.2, 0.25) is 0 Å². The Hall–Kier alpha value is -1.57. The molecule has 0 saturated heterocycles. The zero-order valence-electron chi connectivity index (χ0n) is 14.9. The minimum absolute atomic E-state index is 0.00875. The molecular weight excluding hydrogens is 282 g/mol. The Morgan fingerprint density at radius 3 is 2.43 bits per heavy atom. The van der Waals surface area contributed by atoms with Gasteiger partial charge in [0.15, 0.2) is 5.78 Å². The first kappa shape index (κ1) is 16.3. The fourth-order valence-corrected chi connectivity index (χ4v) is 3.92. The summed E-state index contributed by atoms with van der Waals surface area (Å²) >= 11 is 0. The second kappa shape index (κ2) is 5.81. The van der Waals surface area contributed by atoms with E-state index in [0.717, 1.165) is 18.5 Å². The van der Waals surface area contributed by atoms with Gasteiger partial charge >= 0.3 is 0 Å². The van der Waals surface area contributed by atoms with Crippen LogP contribution in [0.2, 0.25) is 0 Å². The molecule has 124 valence electrons. The lowest BCUT2D eigenvalue weighted by molar-refractivity contribution is -0.119. The third kappa shape index (κ3) is 2.84. The fraction of sp³-hybridized carbons (Fsp3) is 0.571. The summed E-state index contributed by atoms with van der Waals surface area (Å²) in [6.07, 6.45) is 7.66. The van der Waals surface area contributed by atoms with Gasteiger partial charge in [-0.3, -0.25) is 4.79 Å². The lowest BCUT2D eigenvalue weighted by Gasteiger charge is -2.49. The highest BCUT2D eigenvalue weighted by Crippen LogP contribution is 2.43. The predicted molar refractivity (Wildman–Crippen MR) is 96.2 cm³/mol. The van der Waals surface area contributed by atoms with Crippen LogP contribution in [-0.4, -0.2) is 11.3 Å². The number of nitrogens with one attached hydrogen (secondary N) is 1. The minimum atomic E-state index is -0.0972. The molecule has 1 aliphatic carbocycles. The Bertz CT molecular complexity index is 633. The van der Waals surface area contributed by atoms with Gasteiger partial charge in [-0.2, -0.15) is 0 Å². The minimum Gasteiger partial charge on any atom is -0.379 e. The molecule has 0 amide bonds. The molecule has 0 radical (unpaired) electrons. The molecule has 0 bridgehead atoms. The number of carbonyl (C=O) groups is 1. The van der Waals surface area contributed by atoms with Crippen molar-refractivity contribution in [2.45, 2.75) is 70.8 Å². The van der Waals surface area contributed by atoms with Crippen LogP contribution in [0.25, 0.3) is 5.70 Å². The lowest BCUT2D eigenvalue weighted by Crippen LogP contribution is -2.56. The van der Waals surface area contributed by atoms with Crippen molar-refractivity contribution in [3.63, 3.8) is 0 Å². The normalized spacial score (nSPS) is 24.8. The van der Waals surface area contributed by atoms with E-state index in [1.807, 2.05) is 6.08 Å². The average molecular weight is 311 g/mol. The third-order valence-corrected chi connectivity index (χ3v) is 6.19. The van der Waals surface area contributed by atoms with Crippen molar-refractivity contribution < 1.29 is 4.79 Å². The van der Waals surface area contributed by atoms with E-state index < -0.39 is 0 Å². The summed E-state index contributed by atoms with van der Waals surface area (Å²) in [6.45, 7) is 9.00. The molecule has 0 atom stereocenters. The van der Waals surface area contributed by atoms with E-state index in [0.29, 0.717) is 5.78 Å². The topological polar surface area (TPSA) is 29.1 Å². The molecule has 0 unspecified atom stereocenters. The molecule has 23 heavy (non-hydrogen) atoms. The van der Waals surface area contributed by atoms with Crippen LogP contribution in [0.3, 0.4) is 0 Å². The zero-order valence-corrected chi connectivity index (χ0v) is 14.9. The van der Waals surface area contributed by atoms with Gasteiger partial charge in [-0.25, -0.2) is 0 Å². The molecule has 1 fully saturated rings. The largest absolute Gasteiger partial charge is 0.379 e. The highest BCUT2D eigenvalue weighted by Gasteiger charge is 2.44. The number of fused-ring (bicyclic) bond motifs is 1. The number of hydrogen-bond acceptors (Lipinski definition) is 2. The highest BCUT2D eigenvalue weighted by atomic mass is 16.1. The van der Waals surface area contributed by atoms with Crippen molar-refractivity contribution in [3.8, 4) is 0 Å². The van der Waals surface area contributed by atoms with Gasteiger partial charge < -0.3 is 5.32 Å². The maximum atomic E-state index is 12.7. The summed E-state index contributed by atoms with van der Waals surface area (Å²) in [5.41, 5.74) is 3.42. The van der Waals surface area contributed by atoms with E-state index in [4.69, 9.17) is 0 Å². The molecular formula is C21H29NO. The smallest absolute Gasteiger partial charge is 0.160 e. The summed E-state index contributed by atoms with van der Waals surface area (Å²) in [6, 6.07) is 8.51. The van der Waals surface area contributed by atoms with Crippen LogP contribution >= 0.6 is 0 Å². The molecule has 1 N–H and O–H groups in total. The number of ketones is 1. The Morgan fingerprint density at radius 1 is 1.09 bits per heavy atom. The molecule has 2 aliphatic rings. The van der Waals surface area contributed by atoms with Crippen molar-refractivity contribution in [2.24, 2.45) is 5.92 Å². The molecule has 2 nitrogen and oxygen atoms in total. The second-order valence-corrected chi connectivity index (χ2v) is 8.22. The quantitative estimate of drug-likeness (QED) is 0.792. The summed E-state index contributed by atoms with van der Waals surface area (Å²) in [4.78, 5) is 12.7. The first-order valence-corrected chi connectivity index (χ1v) is 8.96. The van der Waals surface area contributed by atoms with Crippen molar-refractivity contribution in [1.82, 2.24) is 5.32 Å². The maximum Gasteiger partial charge on any atom is 0.160 e. The number of carbonyl (C=O) groups excluding carboxylic acids is 1. The van der Waals surface area contributed by atoms with Gasteiger partial charge in [0.25, 0.3) is 0 Å². The standard InChI is InChI=1S/C21H29NO/c1-20(2)17-13-9-8-12-16(17)18(22-21(20,3)4)14-19(23)15-10-6-5-7-11-15/h8-9,12-15,22H,5-7,10-11H2,1-4H3/b18-14-. The van der Waals surface area contributed by atoms with E-state index >= 15 is 0 Å². The zero-order chi connectivity index (χ0) is 16.7. The Morgan fingerprint density at radius 2 is 1.74 bits per heavy atom. The first-order chi connectivity index (χ1) is 10.8. The number of hydrogen-bond donors (Lipinski definition) is 1. The third-order valence-electron chi connectivity index (χ3n) is 6.19. The molecule has 0 aromatic heterocycles. The van der Waals surface area contributed by atoms with E-state index in [1.54, 1.807) is 0 Å². The molecule has 1 saturated carbocycles. The predicted octanol–water partition coefficient (Wildman–Crippen LogP) is 4.84. The van der Waals surface area contributed by atoms with Crippen molar-refractivity contribution in [1.29, 1.82) is 0 Å². The van der Waals surface area contributed by atoms with E-state index in [2.05, 4.69) is 57.3 Å². The summed E-state index contributed by atoms with van der Waals surface area (Å²) in [7, 11) is 0. The van der Waals surface area contributed by atoms with E-state index in [-0.39, 0.29) is 16.9 Å². The molecule has 1 heterocycles. The highest BCUT2D eigenvalue weighted by molar-refractivity contribution is 5.98. The average Bonchev–Trinajstić information content (AvgIpc) is 2.53. The molecule has 3 rings (SSSR count). The van der Waals surface area contributed by atoms with Gasteiger partial charge in [0.05, 0.1) is 0 Å². The van der Waals surface area contributed by atoms with Crippen LogP contribution in [0.4, 0.5) is 0 Å². The van der Waals surface area contributed by atoms with Crippen LogP contribution in [0.5, 0.6) is 0 Å². The van der Waals surface area contributed by atoms with Crippen LogP contribution in [-0.2, 0) is 10.2 Å². The van der Waals surface area contributed by atoms with Gasteiger partial charge in [-0.05, 0) is 32.3 Å². The van der Waals surface area contributed by atoms with Gasteiger partial charge in [0.1, 0.15) is 0 Å². The Kier molecular flexibility index (Phi) is 4.12. The fourth-order valence-electron chi connectivity index (χ4n) is 3.92. The molecule has 2 heteroatoms. The summed E-state index contributed by atoms with van der Waals surface area (Å²) in [5.74, 6) is 0.528.